The Morgan fingerprint density at radius 1 is 1.17 bits per heavy atom. The van der Waals surface area contributed by atoms with Crippen LogP contribution in [0.4, 0.5) is 5.69 Å². The third kappa shape index (κ3) is 4.74. The number of nitrogens with one attached hydrogen (secondary N) is 1. The van der Waals surface area contributed by atoms with Gasteiger partial charge in [-0.25, -0.2) is 5.43 Å². The molecule has 0 bridgehead atoms. The Bertz CT molecular complexity index is 714. The van der Waals surface area contributed by atoms with Gasteiger partial charge in [0.05, 0.1) is 12.8 Å². The monoisotopic (exact) mass is 313 g/mol. The Balaban J connectivity index is 1.91. The van der Waals surface area contributed by atoms with Crippen LogP contribution in [0.1, 0.15) is 12.5 Å². The molecule has 0 heterocycles. The van der Waals surface area contributed by atoms with E-state index in [0.717, 1.165) is 5.56 Å². The van der Waals surface area contributed by atoms with Gasteiger partial charge in [0, 0.05) is 5.69 Å². The second kappa shape index (κ2) is 7.84. The standard InChI is InChI=1S/C17H19N3O3/c1-12(13-6-5-7-14(18)10-13)19-20-17(21)11-23-16-9-4-3-8-15(16)22-2/h3-10H,11,18H2,1-2H3,(H,20,21)/b19-12-. The lowest BCUT2D eigenvalue weighted by Crippen LogP contribution is -2.25. The highest BCUT2D eigenvalue weighted by Gasteiger charge is 2.06. The molecule has 23 heavy (non-hydrogen) atoms. The number of benzene rings is 2. The van der Waals surface area contributed by atoms with E-state index in [1.165, 1.54) is 0 Å². The smallest absolute Gasteiger partial charge is 0.277 e. The number of nitrogens with two attached hydrogens (primary N) is 1. The van der Waals surface area contributed by atoms with Crippen molar-refractivity contribution in [2.75, 3.05) is 19.5 Å². The lowest BCUT2D eigenvalue weighted by molar-refractivity contribution is -0.123. The van der Waals surface area contributed by atoms with Crippen molar-refractivity contribution in [3.05, 3.63) is 54.1 Å². The third-order valence-corrected chi connectivity index (χ3v) is 3.08. The third-order valence-electron chi connectivity index (χ3n) is 3.08. The van der Waals surface area contributed by atoms with Gasteiger partial charge in [0.2, 0.25) is 0 Å². The molecule has 2 aromatic carbocycles. The molecule has 0 radical (unpaired) electrons. The molecule has 0 aliphatic carbocycles. The fourth-order valence-corrected chi connectivity index (χ4v) is 1.89. The van der Waals surface area contributed by atoms with Gasteiger partial charge in [-0.2, -0.15) is 5.10 Å². The zero-order valence-corrected chi connectivity index (χ0v) is 13.1. The van der Waals surface area contributed by atoms with Gasteiger partial charge in [-0.1, -0.05) is 24.3 Å². The summed E-state index contributed by atoms with van der Waals surface area (Å²) >= 11 is 0. The Kier molecular flexibility index (Phi) is 5.57. The average Bonchev–Trinajstić information content (AvgIpc) is 2.58. The fourth-order valence-electron chi connectivity index (χ4n) is 1.89. The lowest BCUT2D eigenvalue weighted by atomic mass is 10.1. The van der Waals surface area contributed by atoms with Crippen LogP contribution in [-0.2, 0) is 4.79 Å². The number of carbonyl (C=O) groups excluding carboxylic acids is 1. The largest absolute Gasteiger partial charge is 0.493 e. The summed E-state index contributed by atoms with van der Waals surface area (Å²) in [5, 5.41) is 4.04. The molecule has 0 aliphatic rings. The van der Waals surface area contributed by atoms with Crippen molar-refractivity contribution in [3.63, 3.8) is 0 Å². The highest BCUT2D eigenvalue weighted by atomic mass is 16.5. The van der Waals surface area contributed by atoms with E-state index >= 15 is 0 Å². The van der Waals surface area contributed by atoms with E-state index in [1.54, 1.807) is 44.4 Å². The number of anilines is 1. The summed E-state index contributed by atoms with van der Waals surface area (Å²) < 4.78 is 10.6. The number of hydrogen-bond acceptors (Lipinski definition) is 5. The maximum atomic E-state index is 11.8. The number of carbonyl (C=O) groups is 1. The minimum atomic E-state index is -0.362. The number of rotatable bonds is 6. The molecule has 0 saturated carbocycles. The van der Waals surface area contributed by atoms with Crippen molar-refractivity contribution in [2.45, 2.75) is 6.92 Å². The van der Waals surface area contributed by atoms with Crippen LogP contribution >= 0.6 is 0 Å². The van der Waals surface area contributed by atoms with Gasteiger partial charge in [-0.05, 0) is 36.8 Å². The van der Waals surface area contributed by atoms with E-state index in [0.29, 0.717) is 22.9 Å². The van der Waals surface area contributed by atoms with Gasteiger partial charge in [0.15, 0.2) is 18.1 Å². The molecule has 6 heteroatoms. The Hall–Kier alpha value is -3.02. The van der Waals surface area contributed by atoms with Gasteiger partial charge in [0.1, 0.15) is 0 Å². The Labute approximate surface area is 134 Å². The molecule has 0 aliphatic heterocycles. The van der Waals surface area contributed by atoms with Crippen LogP contribution in [0.3, 0.4) is 0 Å². The molecule has 2 aromatic rings. The van der Waals surface area contributed by atoms with E-state index in [2.05, 4.69) is 10.5 Å². The van der Waals surface area contributed by atoms with Crippen LogP contribution in [-0.4, -0.2) is 25.3 Å². The topological polar surface area (TPSA) is 85.9 Å². The first-order chi connectivity index (χ1) is 11.1. The summed E-state index contributed by atoms with van der Waals surface area (Å²) in [5.41, 5.74) is 10.3. The minimum absolute atomic E-state index is 0.159. The Morgan fingerprint density at radius 2 is 1.91 bits per heavy atom. The lowest BCUT2D eigenvalue weighted by Gasteiger charge is -2.09. The number of hydrazone groups is 1. The normalized spacial score (nSPS) is 11.0. The van der Waals surface area contributed by atoms with E-state index in [-0.39, 0.29) is 12.5 Å². The molecule has 6 nitrogen and oxygen atoms in total. The number of amides is 1. The van der Waals surface area contributed by atoms with Crippen molar-refractivity contribution in [2.24, 2.45) is 5.10 Å². The molecule has 0 unspecified atom stereocenters. The summed E-state index contributed by atoms with van der Waals surface area (Å²) in [6.07, 6.45) is 0. The minimum Gasteiger partial charge on any atom is -0.493 e. The SMILES string of the molecule is COc1ccccc1OCC(=O)N/N=C(/C)c1cccc(N)c1. The average molecular weight is 313 g/mol. The summed E-state index contributed by atoms with van der Waals surface area (Å²) in [6, 6.07) is 14.4. The molecule has 1 amide bonds. The number of ether oxygens (including phenoxy) is 2. The first-order valence-corrected chi connectivity index (χ1v) is 7.05. The first-order valence-electron chi connectivity index (χ1n) is 7.05. The van der Waals surface area contributed by atoms with Crippen LogP contribution in [0.2, 0.25) is 0 Å². The predicted octanol–water partition coefficient (Wildman–Crippen LogP) is 2.20. The van der Waals surface area contributed by atoms with Crippen LogP contribution in [0, 0.1) is 0 Å². The molecule has 0 fully saturated rings. The van der Waals surface area contributed by atoms with Crippen molar-refractivity contribution in [1.29, 1.82) is 0 Å². The van der Waals surface area contributed by atoms with Crippen LogP contribution in [0.25, 0.3) is 0 Å². The van der Waals surface area contributed by atoms with Crippen LogP contribution in [0.5, 0.6) is 11.5 Å². The zero-order chi connectivity index (χ0) is 16.7. The quantitative estimate of drug-likeness (QED) is 0.486. The highest BCUT2D eigenvalue weighted by molar-refractivity contribution is 5.99. The first kappa shape index (κ1) is 16.4. The molecular weight excluding hydrogens is 294 g/mol. The number of nitrogens with zero attached hydrogens (tertiary/aromatic N) is 1. The van der Waals surface area contributed by atoms with E-state index in [9.17, 15) is 4.79 Å². The zero-order valence-electron chi connectivity index (χ0n) is 13.1. The second-order valence-corrected chi connectivity index (χ2v) is 4.80. The van der Waals surface area contributed by atoms with Crippen LogP contribution in [0.15, 0.2) is 53.6 Å². The van der Waals surface area contributed by atoms with Crippen molar-refractivity contribution < 1.29 is 14.3 Å². The maximum absolute atomic E-state index is 11.8. The molecule has 3 N–H and O–H groups in total. The number of para-hydroxylation sites is 2. The van der Waals surface area contributed by atoms with Crippen molar-refractivity contribution in [3.8, 4) is 11.5 Å². The molecule has 0 saturated heterocycles. The second-order valence-electron chi connectivity index (χ2n) is 4.80. The number of nitrogen functional groups attached to an aromatic ring is 1. The van der Waals surface area contributed by atoms with Gasteiger partial charge < -0.3 is 15.2 Å². The van der Waals surface area contributed by atoms with E-state index < -0.39 is 0 Å². The maximum Gasteiger partial charge on any atom is 0.277 e. The Morgan fingerprint density at radius 3 is 2.61 bits per heavy atom. The molecule has 0 spiro atoms. The summed E-state index contributed by atoms with van der Waals surface area (Å²) in [4.78, 5) is 11.8. The molecule has 2 rings (SSSR count). The van der Waals surface area contributed by atoms with Crippen LogP contribution < -0.4 is 20.6 Å². The summed E-state index contributed by atoms with van der Waals surface area (Å²) in [6.45, 7) is 1.63. The van der Waals surface area contributed by atoms with Crippen molar-refractivity contribution >= 4 is 17.3 Å². The van der Waals surface area contributed by atoms with E-state index in [1.807, 2.05) is 18.2 Å². The number of methoxy groups -OCH3 is 1. The number of hydrogen-bond donors (Lipinski definition) is 2. The summed E-state index contributed by atoms with van der Waals surface area (Å²) in [5.74, 6) is 0.709. The van der Waals surface area contributed by atoms with E-state index in [4.69, 9.17) is 15.2 Å². The highest BCUT2D eigenvalue weighted by Crippen LogP contribution is 2.25. The van der Waals surface area contributed by atoms with Gasteiger partial charge in [-0.3, -0.25) is 4.79 Å². The van der Waals surface area contributed by atoms with Gasteiger partial charge in [-0.15, -0.1) is 0 Å². The molecular formula is C17H19N3O3. The van der Waals surface area contributed by atoms with Gasteiger partial charge in [0.25, 0.3) is 5.91 Å². The van der Waals surface area contributed by atoms with Gasteiger partial charge >= 0.3 is 0 Å². The molecule has 120 valence electrons. The molecule has 0 aromatic heterocycles. The summed E-state index contributed by atoms with van der Waals surface area (Å²) in [7, 11) is 1.54. The fraction of sp³-hybridized carbons (Fsp3) is 0.176. The molecule has 0 atom stereocenters. The van der Waals surface area contributed by atoms with Crippen molar-refractivity contribution in [1.82, 2.24) is 5.43 Å². The predicted molar refractivity (Wildman–Crippen MR) is 89.7 cm³/mol.